The molecule has 25 heavy (non-hydrogen) atoms. The van der Waals surface area contributed by atoms with E-state index in [0.717, 1.165) is 16.2 Å². The minimum Gasteiger partial charge on any atom is -0.280 e. The predicted octanol–water partition coefficient (Wildman–Crippen LogP) is 3.39. The van der Waals surface area contributed by atoms with Crippen LogP contribution in [-0.4, -0.2) is 33.5 Å². The zero-order valence-corrected chi connectivity index (χ0v) is 15.9. The Morgan fingerprint density at radius 1 is 1.12 bits per heavy atom. The van der Waals surface area contributed by atoms with Crippen molar-refractivity contribution in [2.75, 3.05) is 18.9 Å². The van der Waals surface area contributed by atoms with Crippen molar-refractivity contribution in [2.24, 2.45) is 0 Å². The van der Waals surface area contributed by atoms with E-state index in [4.69, 9.17) is 16.4 Å². The minimum absolute atomic E-state index is 0.0361. The molecule has 134 valence electrons. The Morgan fingerprint density at radius 3 is 2.40 bits per heavy atom. The van der Waals surface area contributed by atoms with Gasteiger partial charge >= 0.3 is 0 Å². The Labute approximate surface area is 152 Å². The van der Waals surface area contributed by atoms with E-state index in [-0.39, 0.29) is 15.5 Å². The SMILES string of the molecule is CON(C)C(=O)c1cc(S(=O)(=O)Nc2ccc(C)c(C)c2)ccc1Cl. The van der Waals surface area contributed by atoms with Crippen molar-refractivity contribution in [3.63, 3.8) is 0 Å². The number of sulfonamides is 1. The van der Waals surface area contributed by atoms with E-state index in [1.54, 1.807) is 12.1 Å². The lowest BCUT2D eigenvalue weighted by Crippen LogP contribution is -2.26. The van der Waals surface area contributed by atoms with Crippen molar-refractivity contribution < 1.29 is 18.0 Å². The molecular weight excluding hydrogens is 364 g/mol. The molecule has 8 heteroatoms. The maximum absolute atomic E-state index is 12.6. The van der Waals surface area contributed by atoms with Crippen LogP contribution in [0.15, 0.2) is 41.3 Å². The Morgan fingerprint density at radius 2 is 1.80 bits per heavy atom. The fourth-order valence-corrected chi connectivity index (χ4v) is 3.38. The third kappa shape index (κ3) is 4.31. The summed E-state index contributed by atoms with van der Waals surface area (Å²) in [5.74, 6) is -0.546. The Bertz CT molecular complexity index is 913. The Hall–Kier alpha value is -2.09. The molecule has 0 heterocycles. The molecule has 2 aromatic carbocycles. The Balaban J connectivity index is 2.39. The van der Waals surface area contributed by atoms with E-state index in [0.29, 0.717) is 5.69 Å². The van der Waals surface area contributed by atoms with Gasteiger partial charge in [0.2, 0.25) is 0 Å². The first kappa shape index (κ1) is 19.2. The first-order chi connectivity index (χ1) is 11.7. The van der Waals surface area contributed by atoms with Crippen LogP contribution in [0.4, 0.5) is 5.69 Å². The number of nitrogens with zero attached hydrogens (tertiary/aromatic N) is 1. The molecule has 6 nitrogen and oxygen atoms in total. The molecule has 0 bridgehead atoms. The van der Waals surface area contributed by atoms with Crippen LogP contribution in [0.3, 0.4) is 0 Å². The number of halogens is 1. The molecule has 0 radical (unpaired) electrons. The molecule has 2 rings (SSSR count). The molecule has 0 aliphatic carbocycles. The van der Waals surface area contributed by atoms with Gasteiger partial charge < -0.3 is 0 Å². The molecular formula is C17H19ClN2O4S. The lowest BCUT2D eigenvalue weighted by Gasteiger charge is -2.16. The molecule has 1 amide bonds. The summed E-state index contributed by atoms with van der Waals surface area (Å²) in [6.45, 7) is 3.84. The number of carbonyl (C=O) groups is 1. The standard InChI is InChI=1S/C17H19ClN2O4S/c1-11-5-6-13(9-12(11)2)19-25(22,23)14-7-8-16(18)15(10-14)17(21)20(3)24-4/h5-10,19H,1-4H3. The molecule has 2 aromatic rings. The summed E-state index contributed by atoms with van der Waals surface area (Å²) < 4.78 is 27.7. The first-order valence-electron chi connectivity index (χ1n) is 7.37. The van der Waals surface area contributed by atoms with Crippen LogP contribution >= 0.6 is 11.6 Å². The van der Waals surface area contributed by atoms with E-state index in [1.807, 2.05) is 19.9 Å². The Kier molecular flexibility index (Phi) is 5.72. The highest BCUT2D eigenvalue weighted by Crippen LogP contribution is 2.24. The normalized spacial score (nSPS) is 11.2. The van der Waals surface area contributed by atoms with Gasteiger partial charge in [-0.2, -0.15) is 0 Å². The number of anilines is 1. The smallest absolute Gasteiger partial charge is 0.278 e. The van der Waals surface area contributed by atoms with E-state index in [1.165, 1.54) is 32.4 Å². The second kappa shape index (κ2) is 7.43. The highest BCUT2D eigenvalue weighted by Gasteiger charge is 2.21. The van der Waals surface area contributed by atoms with Gasteiger partial charge in [-0.3, -0.25) is 14.4 Å². The number of nitrogens with one attached hydrogen (secondary N) is 1. The van der Waals surface area contributed by atoms with E-state index in [2.05, 4.69) is 4.72 Å². The average Bonchev–Trinajstić information content (AvgIpc) is 2.56. The van der Waals surface area contributed by atoms with Gasteiger partial charge in [0.25, 0.3) is 15.9 Å². The minimum atomic E-state index is -3.87. The van der Waals surface area contributed by atoms with Crippen molar-refractivity contribution >= 4 is 33.2 Å². The van der Waals surface area contributed by atoms with Gasteiger partial charge in [0.1, 0.15) is 0 Å². The highest BCUT2D eigenvalue weighted by atomic mass is 35.5. The van der Waals surface area contributed by atoms with Crippen molar-refractivity contribution in [2.45, 2.75) is 18.7 Å². The quantitative estimate of drug-likeness (QED) is 0.804. The number of carbonyl (C=O) groups excluding carboxylic acids is 1. The van der Waals surface area contributed by atoms with Crippen LogP contribution in [0, 0.1) is 13.8 Å². The van der Waals surface area contributed by atoms with E-state index in [9.17, 15) is 13.2 Å². The van der Waals surface area contributed by atoms with Gasteiger partial charge in [0.15, 0.2) is 0 Å². The zero-order valence-electron chi connectivity index (χ0n) is 14.3. The number of aryl methyl sites for hydroxylation is 2. The molecule has 0 fully saturated rings. The number of amides is 1. The van der Waals surface area contributed by atoms with Crippen LogP contribution < -0.4 is 4.72 Å². The van der Waals surface area contributed by atoms with Gasteiger partial charge in [-0.15, -0.1) is 0 Å². The molecule has 0 aromatic heterocycles. The van der Waals surface area contributed by atoms with Gasteiger partial charge in [-0.05, 0) is 55.3 Å². The summed E-state index contributed by atoms with van der Waals surface area (Å²) in [5.41, 5.74) is 2.51. The third-order valence-electron chi connectivity index (χ3n) is 3.80. The lowest BCUT2D eigenvalue weighted by molar-refractivity contribution is -0.0757. The molecule has 0 spiro atoms. The molecule has 0 saturated heterocycles. The highest BCUT2D eigenvalue weighted by molar-refractivity contribution is 7.92. The predicted molar refractivity (Wildman–Crippen MR) is 97.3 cm³/mol. The first-order valence-corrected chi connectivity index (χ1v) is 9.23. The number of hydroxylamine groups is 2. The topological polar surface area (TPSA) is 75.7 Å². The maximum Gasteiger partial charge on any atom is 0.278 e. The molecule has 1 N–H and O–H groups in total. The van der Waals surface area contributed by atoms with Gasteiger partial charge in [0, 0.05) is 12.7 Å². The van der Waals surface area contributed by atoms with Crippen LogP contribution in [0.5, 0.6) is 0 Å². The fraction of sp³-hybridized carbons (Fsp3) is 0.235. The van der Waals surface area contributed by atoms with Gasteiger partial charge in [0.05, 0.1) is 22.6 Å². The third-order valence-corrected chi connectivity index (χ3v) is 5.51. The average molecular weight is 383 g/mol. The second-order valence-corrected chi connectivity index (χ2v) is 7.62. The van der Waals surface area contributed by atoms with Crippen LogP contribution in [0.2, 0.25) is 5.02 Å². The number of rotatable bonds is 5. The molecule has 0 unspecified atom stereocenters. The van der Waals surface area contributed by atoms with Crippen molar-refractivity contribution in [3.8, 4) is 0 Å². The molecule has 0 aliphatic heterocycles. The summed E-state index contributed by atoms with van der Waals surface area (Å²) in [6.07, 6.45) is 0. The zero-order chi connectivity index (χ0) is 18.8. The van der Waals surface area contributed by atoms with Crippen molar-refractivity contribution in [3.05, 3.63) is 58.1 Å². The van der Waals surface area contributed by atoms with Gasteiger partial charge in [-0.1, -0.05) is 17.7 Å². The van der Waals surface area contributed by atoms with Gasteiger partial charge in [-0.25, -0.2) is 13.5 Å². The summed E-state index contributed by atoms with van der Waals surface area (Å²) >= 11 is 6.02. The summed E-state index contributed by atoms with van der Waals surface area (Å²) in [7, 11) is -1.13. The summed E-state index contributed by atoms with van der Waals surface area (Å²) in [5, 5.41) is 1.10. The lowest BCUT2D eigenvalue weighted by atomic mass is 10.1. The monoisotopic (exact) mass is 382 g/mol. The molecule has 0 atom stereocenters. The second-order valence-electron chi connectivity index (χ2n) is 5.53. The fourth-order valence-electron chi connectivity index (χ4n) is 2.11. The van der Waals surface area contributed by atoms with Crippen LogP contribution in [-0.2, 0) is 14.9 Å². The number of hydrogen-bond acceptors (Lipinski definition) is 4. The summed E-state index contributed by atoms with van der Waals surface area (Å²) in [4.78, 5) is 17.0. The largest absolute Gasteiger partial charge is 0.280 e. The van der Waals surface area contributed by atoms with Crippen LogP contribution in [0.1, 0.15) is 21.5 Å². The van der Waals surface area contributed by atoms with E-state index >= 15 is 0 Å². The van der Waals surface area contributed by atoms with E-state index < -0.39 is 15.9 Å². The van der Waals surface area contributed by atoms with Crippen molar-refractivity contribution in [1.29, 1.82) is 0 Å². The van der Waals surface area contributed by atoms with Crippen molar-refractivity contribution in [1.82, 2.24) is 5.06 Å². The maximum atomic E-state index is 12.6. The van der Waals surface area contributed by atoms with Crippen LogP contribution in [0.25, 0.3) is 0 Å². The molecule has 0 aliphatic rings. The number of benzene rings is 2. The summed E-state index contributed by atoms with van der Waals surface area (Å²) in [6, 6.07) is 9.19. The number of hydrogen-bond donors (Lipinski definition) is 1. The molecule has 0 saturated carbocycles.